The van der Waals surface area contributed by atoms with Crippen LogP contribution in [0.15, 0.2) is 89.9 Å². The maximum atomic E-state index is 6.07. The first-order valence-corrected chi connectivity index (χ1v) is 9.10. The second kappa shape index (κ2) is 7.63. The van der Waals surface area contributed by atoms with E-state index in [4.69, 9.17) is 16.6 Å². The Morgan fingerprint density at radius 1 is 0.846 bits per heavy atom. The normalized spacial score (nSPS) is 18.9. The third-order valence-electron chi connectivity index (χ3n) is 4.52. The molecule has 0 fully saturated rings. The molecule has 0 saturated carbocycles. The zero-order chi connectivity index (χ0) is 17.8. The summed E-state index contributed by atoms with van der Waals surface area (Å²) in [5, 5.41) is 7.70. The molecule has 4 rings (SSSR count). The molecule has 26 heavy (non-hydrogen) atoms. The van der Waals surface area contributed by atoms with Crippen LogP contribution in [-0.2, 0) is 6.54 Å². The van der Waals surface area contributed by atoms with E-state index >= 15 is 0 Å². The second-order valence-corrected chi connectivity index (χ2v) is 6.79. The minimum atomic E-state index is 0.0421. The zero-order valence-electron chi connectivity index (χ0n) is 14.3. The van der Waals surface area contributed by atoms with Crippen LogP contribution in [0.1, 0.15) is 28.8 Å². The Morgan fingerprint density at radius 3 is 2.23 bits per heavy atom. The lowest BCUT2D eigenvalue weighted by Crippen LogP contribution is -2.35. The number of hydrogen-bond donors (Lipinski definition) is 2. The molecule has 0 amide bonds. The summed E-state index contributed by atoms with van der Waals surface area (Å²) in [7, 11) is 0. The lowest BCUT2D eigenvalue weighted by molar-refractivity contribution is 0.570. The van der Waals surface area contributed by atoms with Crippen molar-refractivity contribution in [3.63, 3.8) is 0 Å². The molecule has 3 aromatic rings. The fourth-order valence-electron chi connectivity index (χ4n) is 3.25. The van der Waals surface area contributed by atoms with E-state index in [9.17, 15) is 0 Å². The van der Waals surface area contributed by atoms with Gasteiger partial charge >= 0.3 is 0 Å². The number of rotatable bonds is 4. The van der Waals surface area contributed by atoms with E-state index in [1.54, 1.807) is 0 Å². The van der Waals surface area contributed by atoms with Crippen molar-refractivity contribution in [1.29, 1.82) is 0 Å². The van der Waals surface area contributed by atoms with Gasteiger partial charge in [-0.1, -0.05) is 84.4 Å². The fraction of sp³-hybridized carbons (Fsp3) is 0.136. The Bertz CT molecular complexity index is 894. The van der Waals surface area contributed by atoms with Crippen molar-refractivity contribution in [2.24, 2.45) is 4.99 Å². The molecule has 1 aliphatic rings. The molecule has 2 atom stereocenters. The van der Waals surface area contributed by atoms with Crippen LogP contribution in [0.2, 0.25) is 5.02 Å². The third-order valence-corrected chi connectivity index (χ3v) is 4.76. The van der Waals surface area contributed by atoms with E-state index in [0.29, 0.717) is 6.54 Å². The molecule has 0 unspecified atom stereocenters. The molecule has 0 bridgehead atoms. The van der Waals surface area contributed by atoms with Crippen molar-refractivity contribution in [3.8, 4) is 0 Å². The summed E-state index contributed by atoms with van der Waals surface area (Å²) >= 11 is 6.07. The molecule has 0 spiro atoms. The molecule has 0 aromatic heterocycles. The molecule has 0 radical (unpaired) electrons. The van der Waals surface area contributed by atoms with Crippen LogP contribution in [0.25, 0.3) is 0 Å². The maximum absolute atomic E-state index is 6.07. The van der Waals surface area contributed by atoms with Crippen LogP contribution in [-0.4, -0.2) is 5.96 Å². The van der Waals surface area contributed by atoms with Gasteiger partial charge in [0.15, 0.2) is 5.96 Å². The quantitative estimate of drug-likeness (QED) is 0.695. The Hall–Kier alpha value is -2.78. The number of halogens is 1. The summed E-state index contributed by atoms with van der Waals surface area (Å²) in [6.45, 7) is 0.676. The summed E-state index contributed by atoms with van der Waals surface area (Å²) < 4.78 is 0. The first-order chi connectivity index (χ1) is 12.8. The third kappa shape index (κ3) is 3.73. The van der Waals surface area contributed by atoms with Crippen molar-refractivity contribution >= 4 is 17.6 Å². The minimum Gasteiger partial charge on any atom is -0.352 e. The number of hydrogen-bond acceptors (Lipinski definition) is 3. The molecule has 130 valence electrons. The molecule has 4 heteroatoms. The van der Waals surface area contributed by atoms with E-state index in [-0.39, 0.29) is 12.1 Å². The van der Waals surface area contributed by atoms with Crippen molar-refractivity contribution in [2.45, 2.75) is 18.6 Å². The van der Waals surface area contributed by atoms with Gasteiger partial charge in [-0.05, 0) is 28.8 Å². The maximum Gasteiger partial charge on any atom is 0.192 e. The average Bonchev–Trinajstić information content (AvgIpc) is 3.12. The Balaban J connectivity index is 1.56. The van der Waals surface area contributed by atoms with Gasteiger partial charge in [0.1, 0.15) is 6.04 Å². The molecule has 0 aliphatic carbocycles. The summed E-state index contributed by atoms with van der Waals surface area (Å²) in [4.78, 5) is 4.92. The Morgan fingerprint density at radius 2 is 1.54 bits per heavy atom. The van der Waals surface area contributed by atoms with Gasteiger partial charge < -0.3 is 10.6 Å². The molecule has 2 N–H and O–H groups in total. The highest BCUT2D eigenvalue weighted by molar-refractivity contribution is 6.30. The smallest absolute Gasteiger partial charge is 0.192 e. The van der Waals surface area contributed by atoms with Crippen LogP contribution in [0, 0.1) is 0 Å². The number of nitrogens with zero attached hydrogens (tertiary/aromatic N) is 1. The van der Waals surface area contributed by atoms with Crippen LogP contribution in [0.5, 0.6) is 0 Å². The van der Waals surface area contributed by atoms with Gasteiger partial charge in [-0.2, -0.15) is 0 Å². The Labute approximate surface area is 158 Å². The van der Waals surface area contributed by atoms with Gasteiger partial charge in [0, 0.05) is 11.6 Å². The highest BCUT2D eigenvalue weighted by Crippen LogP contribution is 2.35. The van der Waals surface area contributed by atoms with Gasteiger partial charge in [0.05, 0.1) is 6.04 Å². The number of aliphatic imine (C=N–C) groups is 1. The van der Waals surface area contributed by atoms with Crippen LogP contribution in [0.4, 0.5) is 0 Å². The van der Waals surface area contributed by atoms with E-state index in [2.05, 4.69) is 65.2 Å². The first kappa shape index (κ1) is 16.7. The predicted molar refractivity (Wildman–Crippen MR) is 107 cm³/mol. The SMILES string of the molecule is Clc1cccc(CNC2=N[C@@H](c3ccccc3)[C@@H](c3ccccc3)N2)c1. The van der Waals surface area contributed by atoms with E-state index in [1.165, 1.54) is 11.1 Å². The van der Waals surface area contributed by atoms with Crippen molar-refractivity contribution in [2.75, 3.05) is 0 Å². The average molecular weight is 362 g/mol. The highest BCUT2D eigenvalue weighted by atomic mass is 35.5. The predicted octanol–water partition coefficient (Wildman–Crippen LogP) is 4.87. The molecular formula is C22H20ClN3. The van der Waals surface area contributed by atoms with Crippen molar-refractivity contribution in [1.82, 2.24) is 10.6 Å². The van der Waals surface area contributed by atoms with Crippen molar-refractivity contribution in [3.05, 3.63) is 107 Å². The van der Waals surface area contributed by atoms with Crippen LogP contribution < -0.4 is 10.6 Å². The van der Waals surface area contributed by atoms with Crippen molar-refractivity contribution < 1.29 is 0 Å². The molecule has 3 nitrogen and oxygen atoms in total. The topological polar surface area (TPSA) is 36.4 Å². The van der Waals surface area contributed by atoms with E-state index in [0.717, 1.165) is 16.5 Å². The summed E-state index contributed by atoms with van der Waals surface area (Å²) in [5.41, 5.74) is 3.56. The van der Waals surface area contributed by atoms with Gasteiger partial charge in [-0.25, -0.2) is 4.99 Å². The van der Waals surface area contributed by atoms with E-state index in [1.807, 2.05) is 30.3 Å². The molecule has 0 saturated heterocycles. The standard InChI is InChI=1S/C22H20ClN3/c23-19-13-7-8-16(14-19)15-24-22-25-20(17-9-3-1-4-10-17)21(26-22)18-11-5-2-6-12-18/h1-14,20-21H,15H2,(H2,24,25,26)/t20-,21+. The minimum absolute atomic E-state index is 0.0421. The van der Waals surface area contributed by atoms with Gasteiger partial charge in [-0.15, -0.1) is 0 Å². The fourth-order valence-corrected chi connectivity index (χ4v) is 3.46. The zero-order valence-corrected chi connectivity index (χ0v) is 15.0. The summed E-state index contributed by atoms with van der Waals surface area (Å²) in [5.74, 6) is 0.813. The second-order valence-electron chi connectivity index (χ2n) is 6.35. The summed E-state index contributed by atoms with van der Waals surface area (Å²) in [6.07, 6.45) is 0. The van der Waals surface area contributed by atoms with E-state index < -0.39 is 0 Å². The monoisotopic (exact) mass is 361 g/mol. The number of benzene rings is 3. The molecule has 1 heterocycles. The first-order valence-electron chi connectivity index (χ1n) is 8.72. The van der Waals surface area contributed by atoms with Gasteiger partial charge in [-0.3, -0.25) is 0 Å². The Kier molecular flexibility index (Phi) is 4.89. The lowest BCUT2D eigenvalue weighted by Gasteiger charge is -2.19. The van der Waals surface area contributed by atoms with Crippen LogP contribution >= 0.6 is 11.6 Å². The summed E-state index contributed by atoms with van der Waals surface area (Å²) in [6, 6.07) is 28.9. The molecular weight excluding hydrogens is 342 g/mol. The largest absolute Gasteiger partial charge is 0.352 e. The van der Waals surface area contributed by atoms with Gasteiger partial charge in [0.25, 0.3) is 0 Å². The molecule has 3 aromatic carbocycles. The number of nitrogens with one attached hydrogen (secondary N) is 2. The molecule has 1 aliphatic heterocycles. The number of guanidine groups is 1. The lowest BCUT2D eigenvalue weighted by atomic mass is 9.95. The van der Waals surface area contributed by atoms with Gasteiger partial charge in [0.2, 0.25) is 0 Å². The van der Waals surface area contributed by atoms with Crippen LogP contribution in [0.3, 0.4) is 0 Å². The highest BCUT2D eigenvalue weighted by Gasteiger charge is 2.30.